The van der Waals surface area contributed by atoms with Crippen molar-refractivity contribution in [2.75, 3.05) is 56.0 Å². The Morgan fingerprint density at radius 2 is 1.63 bits per heavy atom. The average Bonchev–Trinajstić information content (AvgIpc) is 3.28. The molecule has 13 nitrogen and oxygen atoms in total. The van der Waals surface area contributed by atoms with E-state index in [0.29, 0.717) is 75.6 Å². The molecule has 1 aromatic heterocycles. The van der Waals surface area contributed by atoms with E-state index in [-0.39, 0.29) is 35.7 Å². The predicted octanol–water partition coefficient (Wildman–Crippen LogP) is 4.05. The summed E-state index contributed by atoms with van der Waals surface area (Å²) in [5.74, 6) is -0.536. The number of carboxylic acids is 1. The molecule has 0 spiro atoms. The number of nitrogens with zero attached hydrogens (tertiary/aromatic N) is 5. The van der Waals surface area contributed by atoms with E-state index in [1.54, 1.807) is 41.8 Å². The Morgan fingerprint density at radius 1 is 0.939 bits per heavy atom. The largest absolute Gasteiger partial charge is 0.507 e. The molecular formula is C36H42N6O7. The highest BCUT2D eigenvalue weighted by molar-refractivity contribution is 5.91. The zero-order valence-corrected chi connectivity index (χ0v) is 27.8. The molecule has 0 aliphatic carbocycles. The minimum absolute atomic E-state index is 0.0233. The number of fused-ring (bicyclic) bond motifs is 1. The van der Waals surface area contributed by atoms with Gasteiger partial charge in [-0.3, -0.25) is 4.79 Å². The van der Waals surface area contributed by atoms with Crippen LogP contribution in [0.5, 0.6) is 5.75 Å². The van der Waals surface area contributed by atoms with Gasteiger partial charge < -0.3 is 39.9 Å². The summed E-state index contributed by atoms with van der Waals surface area (Å²) < 4.78 is 5.99. The normalized spacial score (nSPS) is 17.6. The number of hydrogen-bond donors (Lipinski definition) is 3. The van der Waals surface area contributed by atoms with Gasteiger partial charge in [0.25, 0.3) is 5.91 Å². The number of carboxylic acid groups (broad SMARTS) is 1. The number of aromatic carboxylic acids is 1. The molecule has 0 saturated carbocycles. The van der Waals surface area contributed by atoms with E-state index in [4.69, 9.17) is 4.74 Å². The van der Waals surface area contributed by atoms with Crippen molar-refractivity contribution in [3.05, 3.63) is 82.5 Å². The Labute approximate surface area is 285 Å². The number of carbonyl (C=O) groups excluding carboxylic acids is 3. The van der Waals surface area contributed by atoms with E-state index >= 15 is 0 Å². The van der Waals surface area contributed by atoms with Crippen LogP contribution in [-0.4, -0.2) is 112 Å². The zero-order valence-electron chi connectivity index (χ0n) is 27.8. The van der Waals surface area contributed by atoms with E-state index in [9.17, 15) is 29.4 Å². The number of piperidine rings is 1. The lowest BCUT2D eigenvalue weighted by atomic mass is 10.0. The quantitative estimate of drug-likeness (QED) is 0.338. The minimum atomic E-state index is -1.08. The van der Waals surface area contributed by atoms with Crippen LogP contribution in [0.2, 0.25) is 0 Å². The molecule has 13 heteroatoms. The standard InChI is InChI=1S/C36H42N6O7/c1-23-19-25(20-24(2)32(23)43)21-30(33(44)40-17-15-39(16-18-40)31-8-7-27(22-37-31)34(45)46)49-36(48)41-12-10-28(11-13-41)42-14-9-26-5-3-4-6-29(26)38-35(42)47/h3-8,19-20,22,28,30,43H,9-18,21H2,1-2H3,(H,38,47)(H,45,46)/t30-/m1/s1. The second-order valence-corrected chi connectivity index (χ2v) is 12.9. The number of aromatic nitrogens is 1. The van der Waals surface area contributed by atoms with Crippen molar-refractivity contribution >= 4 is 35.5 Å². The number of urea groups is 1. The molecule has 3 N–H and O–H groups in total. The molecule has 2 aromatic carbocycles. The summed E-state index contributed by atoms with van der Waals surface area (Å²) >= 11 is 0. The van der Waals surface area contributed by atoms with Gasteiger partial charge in [0.2, 0.25) is 0 Å². The molecule has 0 bridgehead atoms. The van der Waals surface area contributed by atoms with Gasteiger partial charge in [0.05, 0.1) is 5.56 Å². The Morgan fingerprint density at radius 3 is 2.29 bits per heavy atom. The topological polar surface area (TPSA) is 156 Å². The fourth-order valence-electron chi connectivity index (χ4n) is 6.91. The van der Waals surface area contributed by atoms with Gasteiger partial charge in [-0.25, -0.2) is 19.4 Å². The highest BCUT2D eigenvalue weighted by Crippen LogP contribution is 2.27. The number of likely N-dealkylation sites (tertiary alicyclic amines) is 1. The van der Waals surface area contributed by atoms with Crippen LogP contribution in [0.25, 0.3) is 0 Å². The van der Waals surface area contributed by atoms with Crippen LogP contribution in [-0.2, 0) is 22.4 Å². The van der Waals surface area contributed by atoms with Gasteiger partial charge in [-0.05, 0) is 73.6 Å². The van der Waals surface area contributed by atoms with Crippen molar-refractivity contribution in [1.82, 2.24) is 19.7 Å². The number of phenols is 1. The number of pyridine rings is 1. The molecule has 3 aromatic rings. The molecule has 4 amide bonds. The van der Waals surface area contributed by atoms with Gasteiger partial charge >= 0.3 is 18.1 Å². The molecule has 3 aliphatic rings. The summed E-state index contributed by atoms with van der Waals surface area (Å²) in [7, 11) is 0. The summed E-state index contributed by atoms with van der Waals surface area (Å²) in [5.41, 5.74) is 4.15. The molecule has 3 aliphatic heterocycles. The molecule has 4 heterocycles. The van der Waals surface area contributed by atoms with E-state index in [1.165, 1.54) is 12.3 Å². The molecule has 258 valence electrons. The number of nitrogens with one attached hydrogen (secondary N) is 1. The van der Waals surface area contributed by atoms with Crippen LogP contribution in [0.1, 0.15) is 45.5 Å². The smallest absolute Gasteiger partial charge is 0.410 e. The Hall–Kier alpha value is -5.33. The Kier molecular flexibility index (Phi) is 9.88. The second-order valence-electron chi connectivity index (χ2n) is 12.9. The van der Waals surface area contributed by atoms with Gasteiger partial charge in [0.15, 0.2) is 6.10 Å². The number of amides is 4. The van der Waals surface area contributed by atoms with Crippen molar-refractivity contribution < 1.29 is 34.1 Å². The number of phenolic OH excluding ortho intramolecular Hbond substituents is 1. The number of para-hydroxylation sites is 1. The number of aryl methyl sites for hydroxylation is 2. The lowest BCUT2D eigenvalue weighted by molar-refractivity contribution is -0.141. The van der Waals surface area contributed by atoms with Crippen molar-refractivity contribution in [3.63, 3.8) is 0 Å². The number of ether oxygens (including phenoxy) is 1. The summed E-state index contributed by atoms with van der Waals surface area (Å²) in [6.45, 7) is 6.66. The molecule has 2 saturated heterocycles. The SMILES string of the molecule is Cc1cc(C[C@@H](OC(=O)N2CCC(N3CCc4ccccc4NC3=O)CC2)C(=O)N2CCN(c3ccc(C(=O)O)cn3)CC2)cc(C)c1O. The van der Waals surface area contributed by atoms with E-state index < -0.39 is 18.2 Å². The first kappa shape index (κ1) is 33.6. The molecule has 2 fully saturated rings. The van der Waals surface area contributed by atoms with Crippen molar-refractivity contribution in [2.24, 2.45) is 0 Å². The van der Waals surface area contributed by atoms with Gasteiger partial charge in [0.1, 0.15) is 11.6 Å². The van der Waals surface area contributed by atoms with E-state index in [1.807, 2.05) is 34.1 Å². The number of anilines is 2. The minimum Gasteiger partial charge on any atom is -0.507 e. The third-order valence-corrected chi connectivity index (χ3v) is 9.71. The summed E-state index contributed by atoms with van der Waals surface area (Å²) in [6, 6.07) is 14.4. The fraction of sp³-hybridized carbons (Fsp3) is 0.417. The Bertz CT molecular complexity index is 1690. The lowest BCUT2D eigenvalue weighted by Crippen LogP contribution is -2.54. The highest BCUT2D eigenvalue weighted by Gasteiger charge is 2.35. The fourth-order valence-corrected chi connectivity index (χ4v) is 6.91. The molecule has 0 unspecified atom stereocenters. The van der Waals surface area contributed by atoms with Crippen LogP contribution in [0.15, 0.2) is 54.7 Å². The average molecular weight is 671 g/mol. The molecule has 6 rings (SSSR count). The lowest BCUT2D eigenvalue weighted by Gasteiger charge is -2.39. The number of rotatable bonds is 7. The first-order chi connectivity index (χ1) is 23.6. The van der Waals surface area contributed by atoms with Crippen LogP contribution in [0.3, 0.4) is 0 Å². The third-order valence-electron chi connectivity index (χ3n) is 9.71. The van der Waals surface area contributed by atoms with Gasteiger partial charge in [0, 0.05) is 70.2 Å². The van der Waals surface area contributed by atoms with Crippen LogP contribution >= 0.6 is 0 Å². The summed E-state index contributed by atoms with van der Waals surface area (Å²) in [4.78, 5) is 63.2. The molecule has 0 radical (unpaired) electrons. The summed E-state index contributed by atoms with van der Waals surface area (Å²) in [6.07, 6.45) is 1.75. The monoisotopic (exact) mass is 670 g/mol. The van der Waals surface area contributed by atoms with Crippen LogP contribution in [0, 0.1) is 13.8 Å². The second kappa shape index (κ2) is 14.4. The van der Waals surface area contributed by atoms with Crippen molar-refractivity contribution in [1.29, 1.82) is 0 Å². The first-order valence-corrected chi connectivity index (χ1v) is 16.7. The number of carbonyl (C=O) groups is 4. The predicted molar refractivity (Wildman–Crippen MR) is 182 cm³/mol. The van der Waals surface area contributed by atoms with E-state index in [0.717, 1.165) is 23.2 Å². The van der Waals surface area contributed by atoms with E-state index in [2.05, 4.69) is 10.3 Å². The Balaban J connectivity index is 1.10. The van der Waals surface area contributed by atoms with Crippen LogP contribution < -0.4 is 10.2 Å². The summed E-state index contributed by atoms with van der Waals surface area (Å²) in [5, 5.41) is 22.5. The van der Waals surface area contributed by atoms with Gasteiger partial charge in [-0.2, -0.15) is 0 Å². The van der Waals surface area contributed by atoms with Gasteiger partial charge in [-0.15, -0.1) is 0 Å². The highest BCUT2D eigenvalue weighted by atomic mass is 16.6. The van der Waals surface area contributed by atoms with Crippen LogP contribution in [0.4, 0.5) is 21.1 Å². The molecular weight excluding hydrogens is 628 g/mol. The van der Waals surface area contributed by atoms with Crippen molar-refractivity contribution in [2.45, 2.75) is 51.7 Å². The number of aromatic hydroxyl groups is 1. The third kappa shape index (κ3) is 7.55. The zero-order chi connectivity index (χ0) is 34.7. The molecule has 49 heavy (non-hydrogen) atoms. The maximum absolute atomic E-state index is 14.0. The first-order valence-electron chi connectivity index (χ1n) is 16.7. The number of hydrogen-bond acceptors (Lipinski definition) is 8. The number of piperazine rings is 1. The maximum Gasteiger partial charge on any atom is 0.410 e. The number of benzene rings is 2. The molecule has 1 atom stereocenters. The maximum atomic E-state index is 14.0. The van der Waals surface area contributed by atoms with Crippen molar-refractivity contribution in [3.8, 4) is 5.75 Å². The van der Waals surface area contributed by atoms with Gasteiger partial charge in [-0.1, -0.05) is 30.3 Å².